The van der Waals surface area contributed by atoms with E-state index in [0.29, 0.717) is 30.7 Å². The van der Waals surface area contributed by atoms with Gasteiger partial charge in [-0.05, 0) is 102 Å². The van der Waals surface area contributed by atoms with Gasteiger partial charge in [-0.25, -0.2) is 0 Å². The number of methoxy groups -OCH3 is 2. The Morgan fingerprint density at radius 1 is 1.07 bits per heavy atom. The first kappa shape index (κ1) is 29.8. The fraction of sp³-hybridized carbons (Fsp3) is 0.531. The van der Waals surface area contributed by atoms with Crippen LogP contribution in [0.3, 0.4) is 0 Å². The maximum atomic E-state index is 13.2. The number of hydrogen-bond donors (Lipinski definition) is 2. The Balaban J connectivity index is 1.28. The van der Waals surface area contributed by atoms with Gasteiger partial charge >= 0.3 is 0 Å². The number of amides is 1. The largest absolute Gasteiger partial charge is 0.479 e. The van der Waals surface area contributed by atoms with Gasteiger partial charge in [0.15, 0.2) is 11.4 Å². The SMILES string of the molecule is COc1nc(NCCC2CCCN2C)nc(OC)c1NC(=O)c1ccc(Cc2cc3c(cc2C)C(C)(C)OC3(C)C)o1. The van der Waals surface area contributed by atoms with Crippen molar-refractivity contribution in [2.75, 3.05) is 45.0 Å². The van der Waals surface area contributed by atoms with Crippen LogP contribution in [0.5, 0.6) is 11.8 Å². The molecule has 1 unspecified atom stereocenters. The normalized spacial score (nSPS) is 19.0. The van der Waals surface area contributed by atoms with Crippen LogP contribution in [0.2, 0.25) is 0 Å². The molecule has 2 N–H and O–H groups in total. The number of aryl methyl sites for hydroxylation is 1. The summed E-state index contributed by atoms with van der Waals surface area (Å²) in [6.45, 7) is 12.3. The second kappa shape index (κ2) is 11.6. The van der Waals surface area contributed by atoms with E-state index in [4.69, 9.17) is 18.6 Å². The molecule has 1 fully saturated rings. The third-order valence-electron chi connectivity index (χ3n) is 8.43. The quantitative estimate of drug-likeness (QED) is 0.316. The van der Waals surface area contributed by atoms with Crippen LogP contribution in [0.4, 0.5) is 11.6 Å². The molecule has 226 valence electrons. The number of rotatable bonds is 10. The summed E-state index contributed by atoms with van der Waals surface area (Å²) in [5.41, 5.74) is 4.19. The van der Waals surface area contributed by atoms with Gasteiger partial charge in [-0.3, -0.25) is 4.79 Å². The van der Waals surface area contributed by atoms with E-state index in [1.807, 2.05) is 6.07 Å². The zero-order chi connectivity index (χ0) is 30.2. The lowest BCUT2D eigenvalue weighted by molar-refractivity contribution is -0.105. The predicted molar refractivity (Wildman–Crippen MR) is 162 cm³/mol. The van der Waals surface area contributed by atoms with Gasteiger partial charge in [-0.1, -0.05) is 12.1 Å². The Kier molecular flexibility index (Phi) is 8.22. The first-order chi connectivity index (χ1) is 19.9. The minimum absolute atomic E-state index is 0.167. The fourth-order valence-electron chi connectivity index (χ4n) is 6.24. The van der Waals surface area contributed by atoms with Crippen LogP contribution in [0.1, 0.15) is 85.5 Å². The maximum absolute atomic E-state index is 13.2. The van der Waals surface area contributed by atoms with Crippen molar-refractivity contribution < 1.29 is 23.4 Å². The van der Waals surface area contributed by atoms with E-state index in [9.17, 15) is 4.79 Å². The first-order valence-corrected chi connectivity index (χ1v) is 14.6. The molecule has 2 aliphatic heterocycles. The van der Waals surface area contributed by atoms with Crippen molar-refractivity contribution in [3.63, 3.8) is 0 Å². The highest BCUT2D eigenvalue weighted by molar-refractivity contribution is 6.03. The summed E-state index contributed by atoms with van der Waals surface area (Å²) in [5, 5.41) is 6.08. The van der Waals surface area contributed by atoms with Crippen molar-refractivity contribution in [1.82, 2.24) is 14.9 Å². The third kappa shape index (κ3) is 5.96. The minimum atomic E-state index is -0.451. The number of anilines is 2. The van der Waals surface area contributed by atoms with Gasteiger partial charge < -0.3 is 34.2 Å². The Morgan fingerprint density at radius 3 is 2.36 bits per heavy atom. The van der Waals surface area contributed by atoms with E-state index >= 15 is 0 Å². The average molecular weight is 578 g/mol. The molecule has 0 bridgehead atoms. The van der Waals surface area contributed by atoms with Crippen LogP contribution < -0.4 is 20.1 Å². The predicted octanol–water partition coefficient (Wildman–Crippen LogP) is 5.63. The molecule has 3 aromatic rings. The van der Waals surface area contributed by atoms with E-state index < -0.39 is 5.91 Å². The lowest BCUT2D eigenvalue weighted by Gasteiger charge is -2.24. The number of hydrogen-bond acceptors (Lipinski definition) is 9. The molecule has 5 rings (SSSR count). The monoisotopic (exact) mass is 577 g/mol. The van der Waals surface area contributed by atoms with E-state index in [2.05, 4.69) is 79.3 Å². The number of carbonyl (C=O) groups is 1. The smallest absolute Gasteiger partial charge is 0.291 e. The van der Waals surface area contributed by atoms with Gasteiger partial charge in [0.2, 0.25) is 17.7 Å². The first-order valence-electron chi connectivity index (χ1n) is 14.6. The molecule has 1 aromatic carbocycles. The van der Waals surface area contributed by atoms with Gasteiger partial charge in [0.25, 0.3) is 5.91 Å². The molecule has 1 atom stereocenters. The number of benzene rings is 1. The number of nitrogens with one attached hydrogen (secondary N) is 2. The lowest BCUT2D eigenvalue weighted by Crippen LogP contribution is -2.27. The molecular formula is C32H43N5O5. The Bertz CT molecular complexity index is 1440. The molecule has 10 heteroatoms. The molecule has 0 radical (unpaired) electrons. The summed E-state index contributed by atoms with van der Waals surface area (Å²) in [5.74, 6) is 1.17. The number of carbonyl (C=O) groups excluding carboxylic acids is 1. The number of nitrogens with zero attached hydrogens (tertiary/aromatic N) is 3. The van der Waals surface area contributed by atoms with Gasteiger partial charge in [0, 0.05) is 19.0 Å². The molecule has 0 spiro atoms. The number of fused-ring (bicyclic) bond motifs is 1. The van der Waals surface area contributed by atoms with E-state index in [-0.39, 0.29) is 34.4 Å². The van der Waals surface area contributed by atoms with Crippen LogP contribution in [0.25, 0.3) is 0 Å². The number of aromatic nitrogens is 2. The zero-order valence-electron chi connectivity index (χ0n) is 26.0. The summed E-state index contributed by atoms with van der Waals surface area (Å²) < 4.78 is 23.3. The average Bonchev–Trinajstić information content (AvgIpc) is 3.61. The Labute approximate surface area is 248 Å². The molecule has 0 aliphatic carbocycles. The van der Waals surface area contributed by atoms with Gasteiger partial charge in [0.05, 0.1) is 25.4 Å². The molecule has 2 aromatic heterocycles. The molecule has 4 heterocycles. The standard InChI is InChI=1S/C32H43N5O5/c1-19-16-23-24(32(4,5)42-31(23,2)3)18-20(19)17-22-11-12-25(41-22)27(38)34-26-28(39-7)35-30(36-29(26)40-8)33-14-13-21-10-9-15-37(21)6/h11-12,16,18,21H,9-10,13-15,17H2,1-8H3,(H,34,38)(H,33,35,36). The summed E-state index contributed by atoms with van der Waals surface area (Å²) >= 11 is 0. The highest BCUT2D eigenvalue weighted by atomic mass is 16.5. The molecule has 42 heavy (non-hydrogen) atoms. The zero-order valence-corrected chi connectivity index (χ0v) is 26.0. The van der Waals surface area contributed by atoms with Crippen molar-refractivity contribution in [1.29, 1.82) is 0 Å². The molecule has 1 amide bonds. The van der Waals surface area contributed by atoms with Gasteiger partial charge in [0.1, 0.15) is 5.76 Å². The highest BCUT2D eigenvalue weighted by Gasteiger charge is 2.43. The summed E-state index contributed by atoms with van der Waals surface area (Å²) in [4.78, 5) is 24.5. The van der Waals surface area contributed by atoms with Gasteiger partial charge in [-0.2, -0.15) is 9.97 Å². The number of likely N-dealkylation sites (tertiary alicyclic amines) is 1. The molecule has 10 nitrogen and oxygen atoms in total. The van der Waals surface area contributed by atoms with E-state index in [1.54, 1.807) is 6.07 Å². The van der Waals surface area contributed by atoms with Crippen molar-refractivity contribution in [2.45, 2.75) is 77.5 Å². The van der Waals surface area contributed by atoms with Crippen LogP contribution in [-0.4, -0.2) is 61.2 Å². The van der Waals surface area contributed by atoms with Crippen molar-refractivity contribution in [3.8, 4) is 11.8 Å². The fourth-order valence-corrected chi connectivity index (χ4v) is 6.24. The summed E-state index contributed by atoms with van der Waals surface area (Å²) in [6.07, 6.45) is 3.96. The molecule has 0 saturated carbocycles. The Morgan fingerprint density at radius 2 is 1.74 bits per heavy atom. The van der Waals surface area contributed by atoms with Gasteiger partial charge in [-0.15, -0.1) is 0 Å². The second-order valence-electron chi connectivity index (χ2n) is 12.3. The minimum Gasteiger partial charge on any atom is -0.479 e. The van der Waals surface area contributed by atoms with Crippen molar-refractivity contribution in [2.24, 2.45) is 0 Å². The number of ether oxygens (including phenoxy) is 3. The van der Waals surface area contributed by atoms with Crippen LogP contribution in [-0.2, 0) is 22.4 Å². The summed E-state index contributed by atoms with van der Waals surface area (Å²) in [6, 6.07) is 8.46. The molecule has 2 aliphatic rings. The van der Waals surface area contributed by atoms with Crippen molar-refractivity contribution >= 4 is 17.5 Å². The highest BCUT2D eigenvalue weighted by Crippen LogP contribution is 2.47. The molecule has 1 saturated heterocycles. The van der Waals surface area contributed by atoms with Crippen LogP contribution in [0, 0.1) is 6.92 Å². The van der Waals surface area contributed by atoms with Crippen LogP contribution >= 0.6 is 0 Å². The maximum Gasteiger partial charge on any atom is 0.291 e. The molecular weight excluding hydrogens is 534 g/mol. The lowest BCUT2D eigenvalue weighted by atomic mass is 9.86. The van der Waals surface area contributed by atoms with Crippen molar-refractivity contribution in [3.05, 3.63) is 58.0 Å². The number of furan rings is 1. The van der Waals surface area contributed by atoms with Crippen LogP contribution in [0.15, 0.2) is 28.7 Å². The topological polar surface area (TPSA) is 111 Å². The second-order valence-corrected chi connectivity index (χ2v) is 12.3. The summed E-state index contributed by atoms with van der Waals surface area (Å²) in [7, 11) is 5.14. The van der Waals surface area contributed by atoms with E-state index in [0.717, 1.165) is 24.1 Å². The van der Waals surface area contributed by atoms with E-state index in [1.165, 1.54) is 38.2 Å². The Hall–Kier alpha value is -3.63. The third-order valence-corrected chi connectivity index (χ3v) is 8.43.